The molecule has 0 radical (unpaired) electrons. The summed E-state index contributed by atoms with van der Waals surface area (Å²) in [6.45, 7) is 4.97. The maximum Gasteiger partial charge on any atom is 0.319 e. The second-order valence-corrected chi connectivity index (χ2v) is 6.75. The van der Waals surface area contributed by atoms with Crippen molar-refractivity contribution in [3.8, 4) is 11.5 Å². The van der Waals surface area contributed by atoms with Gasteiger partial charge in [0, 0.05) is 43.6 Å². The number of nitrogens with one attached hydrogen (secondary N) is 2. The van der Waals surface area contributed by atoms with E-state index in [2.05, 4.69) is 27.5 Å². The van der Waals surface area contributed by atoms with Gasteiger partial charge < -0.3 is 29.9 Å². The smallest absolute Gasteiger partial charge is 0.319 e. The summed E-state index contributed by atoms with van der Waals surface area (Å²) < 4.78 is 10.8. The van der Waals surface area contributed by atoms with E-state index in [1.807, 2.05) is 48.5 Å². The third kappa shape index (κ3) is 5.79. The monoisotopic (exact) mass is 384 g/mol. The van der Waals surface area contributed by atoms with Crippen molar-refractivity contribution in [2.24, 2.45) is 0 Å². The summed E-state index contributed by atoms with van der Waals surface area (Å²) >= 11 is 0. The second-order valence-electron chi connectivity index (χ2n) is 6.75. The van der Waals surface area contributed by atoms with E-state index in [1.165, 1.54) is 5.69 Å². The maximum atomic E-state index is 12.0. The quantitative estimate of drug-likeness (QED) is 0.719. The number of carbonyl (C=O) groups excluding carboxylic acids is 1. The molecule has 2 N–H and O–H groups in total. The topological polar surface area (TPSA) is 66.1 Å². The van der Waals surface area contributed by atoms with E-state index < -0.39 is 0 Å². The molecule has 7 nitrogen and oxygen atoms in total. The minimum atomic E-state index is -0.249. The van der Waals surface area contributed by atoms with Crippen molar-refractivity contribution in [2.75, 3.05) is 63.7 Å². The fraction of sp³-hybridized carbons (Fsp3) is 0.381. The Balaban J connectivity index is 1.38. The van der Waals surface area contributed by atoms with Crippen LogP contribution in [0.2, 0.25) is 0 Å². The van der Waals surface area contributed by atoms with E-state index in [0.29, 0.717) is 18.9 Å². The molecule has 1 saturated heterocycles. The number of amides is 2. The first-order valence-electron chi connectivity index (χ1n) is 9.49. The van der Waals surface area contributed by atoms with Crippen LogP contribution >= 0.6 is 0 Å². The third-order valence-corrected chi connectivity index (χ3v) is 4.69. The molecule has 0 saturated carbocycles. The molecule has 0 spiro atoms. The Hall–Kier alpha value is -2.93. The van der Waals surface area contributed by atoms with Gasteiger partial charge in [-0.15, -0.1) is 0 Å². The summed E-state index contributed by atoms with van der Waals surface area (Å²) in [5, 5.41) is 5.63. The Morgan fingerprint density at radius 3 is 2.46 bits per heavy atom. The van der Waals surface area contributed by atoms with Crippen LogP contribution in [-0.2, 0) is 0 Å². The molecule has 3 rings (SSSR count). The van der Waals surface area contributed by atoms with Crippen LogP contribution in [0.4, 0.5) is 16.2 Å². The van der Waals surface area contributed by atoms with Crippen LogP contribution in [0.15, 0.2) is 48.5 Å². The number of hydrogen-bond acceptors (Lipinski definition) is 5. The molecule has 28 heavy (non-hydrogen) atoms. The number of rotatable bonds is 7. The zero-order chi connectivity index (χ0) is 19.8. The van der Waals surface area contributed by atoms with Crippen molar-refractivity contribution in [3.05, 3.63) is 48.5 Å². The van der Waals surface area contributed by atoms with E-state index >= 15 is 0 Å². The van der Waals surface area contributed by atoms with Crippen LogP contribution < -0.4 is 25.0 Å². The van der Waals surface area contributed by atoms with Crippen LogP contribution in [0, 0.1) is 0 Å². The van der Waals surface area contributed by atoms with Gasteiger partial charge in [0.15, 0.2) is 0 Å². The minimum absolute atomic E-state index is 0.249. The van der Waals surface area contributed by atoms with Crippen molar-refractivity contribution in [1.29, 1.82) is 0 Å². The summed E-state index contributed by atoms with van der Waals surface area (Å²) in [6, 6.07) is 15.1. The van der Waals surface area contributed by atoms with Gasteiger partial charge in [-0.2, -0.15) is 0 Å². The Bertz CT molecular complexity index is 759. The molecule has 0 aromatic heterocycles. The molecule has 1 heterocycles. The summed E-state index contributed by atoms with van der Waals surface area (Å²) in [4.78, 5) is 16.7. The average molecular weight is 384 g/mol. The number of carbonyl (C=O) groups is 1. The number of ether oxygens (including phenoxy) is 2. The molecule has 1 fully saturated rings. The first-order valence-corrected chi connectivity index (χ1v) is 9.49. The molecule has 1 aliphatic heterocycles. The van der Waals surface area contributed by atoms with Gasteiger partial charge in [-0.25, -0.2) is 4.79 Å². The number of benzene rings is 2. The van der Waals surface area contributed by atoms with E-state index in [9.17, 15) is 4.79 Å². The SMILES string of the molecule is COc1cccc(OCCNC(=O)Nc2ccc(N3CCN(C)CC3)cc2)c1. The number of methoxy groups -OCH3 is 1. The van der Waals surface area contributed by atoms with Gasteiger partial charge in [0.25, 0.3) is 0 Å². The van der Waals surface area contributed by atoms with Gasteiger partial charge >= 0.3 is 6.03 Å². The van der Waals surface area contributed by atoms with Gasteiger partial charge in [0.1, 0.15) is 18.1 Å². The lowest BCUT2D eigenvalue weighted by molar-refractivity contribution is 0.247. The molecule has 0 aliphatic carbocycles. The molecule has 2 amide bonds. The first kappa shape index (κ1) is 19.8. The van der Waals surface area contributed by atoms with E-state index in [0.717, 1.165) is 37.6 Å². The van der Waals surface area contributed by atoms with Gasteiger partial charge in [-0.05, 0) is 43.4 Å². The molecule has 2 aromatic rings. The molecule has 1 aliphatic rings. The second kappa shape index (κ2) is 9.85. The lowest BCUT2D eigenvalue weighted by Crippen LogP contribution is -2.44. The highest BCUT2D eigenvalue weighted by Gasteiger charge is 2.14. The maximum absolute atomic E-state index is 12.0. The van der Waals surface area contributed by atoms with E-state index in [-0.39, 0.29) is 6.03 Å². The minimum Gasteiger partial charge on any atom is -0.497 e. The molecule has 0 bridgehead atoms. The normalized spacial score (nSPS) is 14.4. The molecule has 150 valence electrons. The number of urea groups is 1. The fourth-order valence-electron chi connectivity index (χ4n) is 3.02. The first-order chi connectivity index (χ1) is 13.6. The van der Waals surface area contributed by atoms with Crippen LogP contribution in [-0.4, -0.2) is 64.4 Å². The molecular weight excluding hydrogens is 356 g/mol. The Morgan fingerprint density at radius 1 is 1.04 bits per heavy atom. The highest BCUT2D eigenvalue weighted by atomic mass is 16.5. The van der Waals surface area contributed by atoms with Crippen molar-refractivity contribution in [1.82, 2.24) is 10.2 Å². The zero-order valence-corrected chi connectivity index (χ0v) is 16.5. The van der Waals surface area contributed by atoms with Crippen LogP contribution in [0.3, 0.4) is 0 Å². The molecule has 2 aromatic carbocycles. The predicted octanol–water partition coefficient (Wildman–Crippen LogP) is 2.65. The van der Waals surface area contributed by atoms with Gasteiger partial charge in [0.05, 0.1) is 13.7 Å². The molecular formula is C21H28N4O3. The van der Waals surface area contributed by atoms with E-state index in [1.54, 1.807) is 7.11 Å². The zero-order valence-electron chi connectivity index (χ0n) is 16.5. The summed E-state index contributed by atoms with van der Waals surface area (Å²) in [7, 11) is 3.76. The Kier molecular flexibility index (Phi) is 6.97. The Labute approximate surface area is 166 Å². The summed E-state index contributed by atoms with van der Waals surface area (Å²) in [5.41, 5.74) is 1.95. The van der Waals surface area contributed by atoms with Crippen molar-refractivity contribution >= 4 is 17.4 Å². The highest BCUT2D eigenvalue weighted by molar-refractivity contribution is 5.89. The standard InChI is InChI=1S/C21H28N4O3/c1-24-11-13-25(14-12-24)18-8-6-17(7-9-18)23-21(26)22-10-15-28-20-5-3-4-19(16-20)27-2/h3-9,16H,10-15H2,1-2H3,(H2,22,23,26). The molecule has 0 unspecified atom stereocenters. The van der Waals surface area contributed by atoms with Crippen molar-refractivity contribution in [3.63, 3.8) is 0 Å². The van der Waals surface area contributed by atoms with Gasteiger partial charge in [0.2, 0.25) is 0 Å². The molecule has 7 heteroatoms. The number of piperazine rings is 1. The number of anilines is 2. The van der Waals surface area contributed by atoms with Crippen LogP contribution in [0.25, 0.3) is 0 Å². The van der Waals surface area contributed by atoms with E-state index in [4.69, 9.17) is 9.47 Å². The molecule has 0 atom stereocenters. The fourth-order valence-corrected chi connectivity index (χ4v) is 3.02. The average Bonchev–Trinajstić information content (AvgIpc) is 2.73. The summed E-state index contributed by atoms with van der Waals surface area (Å²) in [5.74, 6) is 1.45. The number of nitrogens with zero attached hydrogens (tertiary/aromatic N) is 2. The lowest BCUT2D eigenvalue weighted by atomic mass is 10.2. The number of likely N-dealkylation sites (N-methyl/N-ethyl adjacent to an activating group) is 1. The van der Waals surface area contributed by atoms with Crippen LogP contribution in [0.1, 0.15) is 0 Å². The Morgan fingerprint density at radius 2 is 1.75 bits per heavy atom. The third-order valence-electron chi connectivity index (χ3n) is 4.69. The van der Waals surface area contributed by atoms with Crippen molar-refractivity contribution < 1.29 is 14.3 Å². The largest absolute Gasteiger partial charge is 0.497 e. The predicted molar refractivity (Wildman–Crippen MR) is 112 cm³/mol. The van der Waals surface area contributed by atoms with Gasteiger partial charge in [-0.3, -0.25) is 0 Å². The van der Waals surface area contributed by atoms with Crippen molar-refractivity contribution in [2.45, 2.75) is 0 Å². The summed E-state index contributed by atoms with van der Waals surface area (Å²) in [6.07, 6.45) is 0. The number of hydrogen-bond donors (Lipinski definition) is 2. The lowest BCUT2D eigenvalue weighted by Gasteiger charge is -2.34. The highest BCUT2D eigenvalue weighted by Crippen LogP contribution is 2.20. The van der Waals surface area contributed by atoms with Gasteiger partial charge in [-0.1, -0.05) is 6.07 Å². The van der Waals surface area contributed by atoms with Crippen LogP contribution in [0.5, 0.6) is 11.5 Å².